The Labute approximate surface area is 211 Å². The minimum atomic E-state index is -0.656. The smallest absolute Gasteiger partial charge is 0.328 e. The average molecular weight is 502 g/mol. The van der Waals surface area contributed by atoms with Crippen LogP contribution in [0.5, 0.6) is 5.75 Å². The minimum Gasteiger partial charge on any atom is -0.491 e. The Morgan fingerprint density at radius 3 is 2.56 bits per heavy atom. The van der Waals surface area contributed by atoms with E-state index >= 15 is 0 Å². The molecular weight excluding hydrogens is 466 g/mol. The number of hydrogen-bond acceptors (Lipinski definition) is 8. The van der Waals surface area contributed by atoms with Gasteiger partial charge in [0, 0.05) is 44.3 Å². The number of hydrogen-bond donors (Lipinski definition) is 1. The van der Waals surface area contributed by atoms with Gasteiger partial charge in [-0.15, -0.1) is 0 Å². The highest BCUT2D eigenvalue weighted by molar-refractivity contribution is 5.84. The van der Waals surface area contributed by atoms with Crippen molar-refractivity contribution in [2.75, 3.05) is 51.4 Å². The highest BCUT2D eigenvalue weighted by atomic mass is 16.7. The van der Waals surface area contributed by atoms with Crippen LogP contribution in [0.25, 0.3) is 0 Å². The van der Waals surface area contributed by atoms with E-state index in [9.17, 15) is 9.59 Å². The minimum absolute atomic E-state index is 0.0556. The van der Waals surface area contributed by atoms with Crippen LogP contribution in [0, 0.1) is 5.92 Å². The van der Waals surface area contributed by atoms with E-state index in [0.29, 0.717) is 45.9 Å². The maximum Gasteiger partial charge on any atom is 0.328 e. The largest absolute Gasteiger partial charge is 0.491 e. The highest BCUT2D eigenvalue weighted by Gasteiger charge is 2.29. The van der Waals surface area contributed by atoms with E-state index in [0.717, 1.165) is 11.4 Å². The normalized spacial score (nSPS) is 20.9. The van der Waals surface area contributed by atoms with Crippen molar-refractivity contribution in [1.29, 1.82) is 0 Å². The Morgan fingerprint density at radius 2 is 1.92 bits per heavy atom. The lowest BCUT2D eigenvalue weighted by molar-refractivity contribution is -0.144. The summed E-state index contributed by atoms with van der Waals surface area (Å²) in [5.74, 6) is 0.279. The number of carbonyl (C=O) groups is 2. The highest BCUT2D eigenvalue weighted by Crippen LogP contribution is 2.22. The molecule has 2 aliphatic heterocycles. The Balaban J connectivity index is 1.19. The van der Waals surface area contributed by atoms with Gasteiger partial charge in [-0.3, -0.25) is 0 Å². The number of aromatic nitrogens is 2. The van der Waals surface area contributed by atoms with Crippen molar-refractivity contribution >= 4 is 17.7 Å². The molecule has 2 aliphatic rings. The Kier molecular flexibility index (Phi) is 8.65. The van der Waals surface area contributed by atoms with Gasteiger partial charge in [0.05, 0.1) is 26.6 Å². The fraction of sp³-hybridized carbons (Fsp3) is 0.560. The molecule has 1 N–H and O–H groups in total. The molecule has 2 amide bonds. The van der Waals surface area contributed by atoms with Gasteiger partial charge in [0.25, 0.3) is 0 Å². The van der Waals surface area contributed by atoms with Crippen molar-refractivity contribution in [1.82, 2.24) is 19.8 Å². The number of methoxy groups -OCH3 is 1. The maximum absolute atomic E-state index is 12.7. The van der Waals surface area contributed by atoms with Gasteiger partial charge in [0.2, 0.25) is 0 Å². The number of nitrogens with one attached hydrogen (secondary N) is 1. The van der Waals surface area contributed by atoms with E-state index in [4.69, 9.17) is 18.9 Å². The summed E-state index contributed by atoms with van der Waals surface area (Å²) in [4.78, 5) is 32.6. The first-order chi connectivity index (χ1) is 17.4. The van der Waals surface area contributed by atoms with Gasteiger partial charge >= 0.3 is 12.0 Å². The third-order valence-electron chi connectivity index (χ3n) is 6.34. The zero-order valence-electron chi connectivity index (χ0n) is 21.0. The molecule has 11 nitrogen and oxygen atoms in total. The lowest BCUT2D eigenvalue weighted by Crippen LogP contribution is -2.55. The molecule has 196 valence electrons. The molecule has 1 aromatic heterocycles. The Bertz CT molecular complexity index is 975. The molecule has 0 spiro atoms. The van der Waals surface area contributed by atoms with Gasteiger partial charge in [-0.25, -0.2) is 14.6 Å². The monoisotopic (exact) mass is 501 g/mol. The van der Waals surface area contributed by atoms with Crippen LogP contribution in [0.2, 0.25) is 0 Å². The number of anilines is 1. The summed E-state index contributed by atoms with van der Waals surface area (Å²) < 4.78 is 24.2. The first-order valence-corrected chi connectivity index (χ1v) is 12.3. The fourth-order valence-electron chi connectivity index (χ4n) is 4.22. The molecule has 3 atom stereocenters. The van der Waals surface area contributed by atoms with E-state index in [-0.39, 0.29) is 24.3 Å². The molecule has 0 bridgehead atoms. The number of rotatable bonds is 9. The third kappa shape index (κ3) is 6.67. The zero-order valence-corrected chi connectivity index (χ0v) is 21.0. The molecule has 11 heteroatoms. The number of carbonyl (C=O) groups excluding carboxylic acids is 2. The van der Waals surface area contributed by atoms with Crippen molar-refractivity contribution < 1.29 is 28.5 Å². The van der Waals surface area contributed by atoms with Crippen LogP contribution in [0.1, 0.15) is 13.8 Å². The summed E-state index contributed by atoms with van der Waals surface area (Å²) in [6.07, 6.45) is 4.92. The fourth-order valence-corrected chi connectivity index (χ4v) is 4.22. The quantitative estimate of drug-likeness (QED) is 0.518. The van der Waals surface area contributed by atoms with Crippen LogP contribution in [0.4, 0.5) is 10.5 Å². The number of esters is 1. The van der Waals surface area contributed by atoms with Crippen LogP contribution in [0.3, 0.4) is 0 Å². The van der Waals surface area contributed by atoms with E-state index < -0.39 is 12.0 Å². The first kappa shape index (κ1) is 25.8. The number of piperazine rings is 1. The summed E-state index contributed by atoms with van der Waals surface area (Å²) in [5, 5.41) is 2.80. The van der Waals surface area contributed by atoms with Crippen molar-refractivity contribution in [3.8, 4) is 5.75 Å². The Morgan fingerprint density at radius 1 is 1.17 bits per heavy atom. The molecule has 0 aliphatic carbocycles. The summed E-state index contributed by atoms with van der Waals surface area (Å²) in [5.41, 5.74) is 1.07. The molecule has 36 heavy (non-hydrogen) atoms. The second-order valence-electron chi connectivity index (χ2n) is 9.25. The number of amides is 2. The van der Waals surface area contributed by atoms with E-state index in [1.165, 1.54) is 7.11 Å². The van der Waals surface area contributed by atoms with Crippen LogP contribution in [-0.2, 0) is 25.5 Å². The van der Waals surface area contributed by atoms with Crippen LogP contribution < -0.4 is 15.0 Å². The van der Waals surface area contributed by atoms with Crippen molar-refractivity contribution in [3.63, 3.8) is 0 Å². The summed E-state index contributed by atoms with van der Waals surface area (Å²) in [6, 6.07) is 7.02. The van der Waals surface area contributed by atoms with Gasteiger partial charge in [0.15, 0.2) is 6.29 Å². The van der Waals surface area contributed by atoms with Crippen molar-refractivity contribution in [3.05, 3.63) is 43.0 Å². The molecule has 0 radical (unpaired) electrons. The second kappa shape index (κ2) is 12.1. The predicted molar refractivity (Wildman–Crippen MR) is 132 cm³/mol. The van der Waals surface area contributed by atoms with Gasteiger partial charge in [-0.2, -0.15) is 0 Å². The molecule has 2 saturated heterocycles. The van der Waals surface area contributed by atoms with E-state index in [2.05, 4.69) is 15.2 Å². The molecule has 2 fully saturated rings. The van der Waals surface area contributed by atoms with Crippen molar-refractivity contribution in [2.45, 2.75) is 38.8 Å². The standard InChI is InChI=1S/C25H35N5O6/c1-18(2)23(24(31)33-3)27-25(32)30-12-10-29(11-13-30)19-4-6-20(7-5-19)34-15-21-16-35-22(36-21)14-28-9-8-26-17-28/h4-9,17-18,21-23H,10-16H2,1-3H3,(H,27,32). The van der Waals surface area contributed by atoms with Crippen molar-refractivity contribution in [2.24, 2.45) is 5.92 Å². The van der Waals surface area contributed by atoms with Crippen LogP contribution >= 0.6 is 0 Å². The topological polar surface area (TPSA) is 107 Å². The summed E-state index contributed by atoms with van der Waals surface area (Å²) >= 11 is 0. The number of benzene rings is 1. The number of ether oxygens (including phenoxy) is 4. The van der Waals surface area contributed by atoms with Gasteiger partial charge < -0.3 is 38.6 Å². The van der Waals surface area contributed by atoms with Crippen LogP contribution in [0.15, 0.2) is 43.0 Å². The first-order valence-electron chi connectivity index (χ1n) is 12.3. The van der Waals surface area contributed by atoms with Gasteiger partial charge in [-0.05, 0) is 30.2 Å². The predicted octanol–water partition coefficient (Wildman–Crippen LogP) is 1.73. The molecule has 4 rings (SSSR count). The van der Waals surface area contributed by atoms with E-state index in [1.54, 1.807) is 17.4 Å². The zero-order chi connectivity index (χ0) is 25.5. The third-order valence-corrected chi connectivity index (χ3v) is 6.34. The van der Waals surface area contributed by atoms with Crippen LogP contribution in [-0.4, -0.2) is 91.4 Å². The summed E-state index contributed by atoms with van der Waals surface area (Å²) in [7, 11) is 1.33. The average Bonchev–Trinajstić information content (AvgIpc) is 3.58. The number of urea groups is 1. The lowest BCUT2D eigenvalue weighted by Gasteiger charge is -2.36. The molecule has 3 unspecified atom stereocenters. The molecule has 1 aromatic carbocycles. The maximum atomic E-state index is 12.7. The molecule has 2 aromatic rings. The SMILES string of the molecule is COC(=O)C(NC(=O)N1CCN(c2ccc(OCC3COC(Cn4ccnc4)O3)cc2)CC1)C(C)C. The number of imidazole rings is 1. The van der Waals surface area contributed by atoms with Gasteiger partial charge in [-0.1, -0.05) is 13.8 Å². The molecule has 0 saturated carbocycles. The molecule has 3 heterocycles. The second-order valence-corrected chi connectivity index (χ2v) is 9.25. The van der Waals surface area contributed by atoms with Gasteiger partial charge in [0.1, 0.15) is 24.5 Å². The number of nitrogens with zero attached hydrogens (tertiary/aromatic N) is 4. The van der Waals surface area contributed by atoms with E-state index in [1.807, 2.05) is 48.9 Å². The Hall–Kier alpha value is -3.31. The lowest BCUT2D eigenvalue weighted by atomic mass is 10.1. The summed E-state index contributed by atoms with van der Waals surface area (Å²) in [6.45, 7) is 7.79. The molecular formula is C25H35N5O6.